The van der Waals surface area contributed by atoms with Gasteiger partial charge in [0.1, 0.15) is 11.9 Å². The minimum absolute atomic E-state index is 0. The molecule has 0 aliphatic carbocycles. The fourth-order valence-electron chi connectivity index (χ4n) is 3.53. The first-order valence-corrected chi connectivity index (χ1v) is 11.8. The molecule has 0 bridgehead atoms. The molecule has 1 aromatic heterocycles. The zero-order valence-corrected chi connectivity index (χ0v) is 19.5. The van der Waals surface area contributed by atoms with Crippen LogP contribution in [0.1, 0.15) is 61.1 Å². The Morgan fingerprint density at radius 3 is 2.15 bits per heavy atom. The van der Waals surface area contributed by atoms with Crippen LogP contribution in [0.2, 0.25) is 0 Å². The van der Waals surface area contributed by atoms with E-state index in [1.807, 2.05) is 50.6 Å². The van der Waals surface area contributed by atoms with Gasteiger partial charge in [-0.3, -0.25) is 9.48 Å². The molecule has 0 saturated carbocycles. The number of urea groups is 1. The van der Waals surface area contributed by atoms with Crippen molar-refractivity contribution in [3.05, 3.63) is 41.1 Å². The SMILES string of the molecule is CC(C)c1cccc(C(C)C)c1NC(=O)NS(=O)(=O)c1cc(C(=O)N2CC(F)C2)n(C)n1.[NaH]. The van der Waals surface area contributed by atoms with Crippen molar-refractivity contribution < 1.29 is 22.4 Å². The van der Waals surface area contributed by atoms with E-state index in [0.717, 1.165) is 21.9 Å². The number of carbonyl (C=O) groups is 2. The predicted molar refractivity (Wildman–Crippen MR) is 125 cm³/mol. The number of benzene rings is 1. The van der Waals surface area contributed by atoms with E-state index in [2.05, 4.69) is 10.4 Å². The average molecular weight is 490 g/mol. The van der Waals surface area contributed by atoms with E-state index in [1.54, 1.807) is 0 Å². The van der Waals surface area contributed by atoms with Crippen LogP contribution in [0, 0.1) is 0 Å². The number of carbonyl (C=O) groups excluding carboxylic acids is 2. The van der Waals surface area contributed by atoms with Crippen LogP contribution in [0.3, 0.4) is 0 Å². The number of anilines is 1. The van der Waals surface area contributed by atoms with Gasteiger partial charge in [-0.15, -0.1) is 0 Å². The third-order valence-corrected chi connectivity index (χ3v) is 6.52. The van der Waals surface area contributed by atoms with E-state index in [4.69, 9.17) is 0 Å². The molecule has 9 nitrogen and oxygen atoms in total. The van der Waals surface area contributed by atoms with Gasteiger partial charge in [-0.05, 0) is 23.0 Å². The number of alkyl halides is 1. The third kappa shape index (κ3) is 5.95. The fraction of sp³-hybridized carbons (Fsp3) is 0.476. The van der Waals surface area contributed by atoms with Crippen LogP contribution in [0.5, 0.6) is 0 Å². The molecule has 176 valence electrons. The van der Waals surface area contributed by atoms with Crippen molar-refractivity contribution in [3.63, 3.8) is 0 Å². The molecule has 0 unspecified atom stereocenters. The summed E-state index contributed by atoms with van der Waals surface area (Å²) in [4.78, 5) is 26.3. The summed E-state index contributed by atoms with van der Waals surface area (Å²) in [7, 11) is -2.94. The number of likely N-dealkylation sites (tertiary alicyclic amines) is 1. The number of nitrogens with one attached hydrogen (secondary N) is 2. The van der Waals surface area contributed by atoms with Crippen molar-refractivity contribution in [2.24, 2.45) is 7.05 Å². The van der Waals surface area contributed by atoms with E-state index in [-0.39, 0.29) is 60.2 Å². The zero-order chi connectivity index (χ0) is 23.8. The Hall–Kier alpha value is -1.95. The second-order valence-corrected chi connectivity index (χ2v) is 10.1. The Labute approximate surface area is 215 Å². The van der Waals surface area contributed by atoms with Gasteiger partial charge < -0.3 is 10.2 Å². The Morgan fingerprint density at radius 1 is 1.12 bits per heavy atom. The van der Waals surface area contributed by atoms with Crippen molar-refractivity contribution in [2.45, 2.75) is 50.7 Å². The Kier molecular flexibility index (Phi) is 8.72. The van der Waals surface area contributed by atoms with E-state index < -0.39 is 33.2 Å². The van der Waals surface area contributed by atoms with Crippen LogP contribution < -0.4 is 10.0 Å². The van der Waals surface area contributed by atoms with Gasteiger partial charge in [-0.1, -0.05) is 45.9 Å². The van der Waals surface area contributed by atoms with Crippen molar-refractivity contribution in [2.75, 3.05) is 18.4 Å². The molecule has 0 spiro atoms. The van der Waals surface area contributed by atoms with Crippen molar-refractivity contribution in [1.82, 2.24) is 19.4 Å². The summed E-state index contributed by atoms with van der Waals surface area (Å²) in [5.74, 6) is -0.307. The first-order chi connectivity index (χ1) is 14.9. The average Bonchev–Trinajstić information content (AvgIpc) is 3.07. The molecule has 2 N–H and O–H groups in total. The molecule has 2 aromatic rings. The van der Waals surface area contributed by atoms with Gasteiger partial charge in [0.05, 0.1) is 13.1 Å². The normalized spacial score (nSPS) is 14.1. The van der Waals surface area contributed by atoms with Crippen molar-refractivity contribution >= 4 is 57.2 Å². The number of halogens is 1. The standard InChI is InChI=1S/C21H28FN5O4S.Na.H/c1-12(2)15-7-6-8-16(13(3)4)19(15)23-21(29)25-32(30,31)18-9-17(26(5)24-18)20(28)27-10-14(22)11-27;;/h6-9,12-14H,10-11H2,1-5H3,(H2,23,25,29);;. The molecular weight excluding hydrogens is 460 g/mol. The van der Waals surface area contributed by atoms with E-state index in [0.29, 0.717) is 5.69 Å². The molecule has 2 heterocycles. The Morgan fingerprint density at radius 2 is 1.67 bits per heavy atom. The topological polar surface area (TPSA) is 113 Å². The quantitative estimate of drug-likeness (QED) is 0.605. The van der Waals surface area contributed by atoms with Crippen LogP contribution in [0.4, 0.5) is 14.9 Å². The summed E-state index contributed by atoms with van der Waals surface area (Å²) in [6.45, 7) is 7.84. The number of aromatic nitrogens is 2. The number of nitrogens with zero attached hydrogens (tertiary/aromatic N) is 3. The molecule has 0 atom stereocenters. The zero-order valence-electron chi connectivity index (χ0n) is 18.7. The summed E-state index contributed by atoms with van der Waals surface area (Å²) >= 11 is 0. The molecule has 1 fully saturated rings. The number of amides is 3. The molecule has 33 heavy (non-hydrogen) atoms. The first kappa shape index (κ1) is 27.3. The summed E-state index contributed by atoms with van der Waals surface area (Å²) in [5, 5.41) is 6.06. The van der Waals surface area contributed by atoms with E-state index in [1.165, 1.54) is 11.9 Å². The number of hydrogen-bond donors (Lipinski definition) is 2. The second-order valence-electron chi connectivity index (χ2n) is 8.48. The Bertz CT molecular complexity index is 1120. The number of sulfonamides is 1. The fourth-order valence-corrected chi connectivity index (χ4v) is 4.43. The number of aryl methyl sites for hydroxylation is 1. The molecule has 0 radical (unpaired) electrons. The van der Waals surface area contributed by atoms with Crippen LogP contribution >= 0.6 is 0 Å². The number of para-hydroxylation sites is 1. The van der Waals surface area contributed by atoms with Gasteiger partial charge in [-0.2, -0.15) is 13.5 Å². The summed E-state index contributed by atoms with van der Waals surface area (Å²) < 4.78 is 41.6. The van der Waals surface area contributed by atoms with Crippen LogP contribution in [-0.2, 0) is 17.1 Å². The molecule has 1 aliphatic rings. The van der Waals surface area contributed by atoms with Gasteiger partial charge in [0.25, 0.3) is 15.9 Å². The van der Waals surface area contributed by atoms with Gasteiger partial charge >= 0.3 is 35.6 Å². The van der Waals surface area contributed by atoms with Crippen LogP contribution in [-0.4, -0.2) is 83.9 Å². The van der Waals surface area contributed by atoms with Crippen molar-refractivity contribution in [1.29, 1.82) is 0 Å². The van der Waals surface area contributed by atoms with Crippen LogP contribution in [0.25, 0.3) is 0 Å². The van der Waals surface area contributed by atoms with E-state index in [9.17, 15) is 22.4 Å². The number of rotatable bonds is 6. The molecule has 1 aliphatic heterocycles. The van der Waals surface area contributed by atoms with E-state index >= 15 is 0 Å². The monoisotopic (exact) mass is 489 g/mol. The van der Waals surface area contributed by atoms with Crippen LogP contribution in [0.15, 0.2) is 29.3 Å². The van der Waals surface area contributed by atoms with Crippen molar-refractivity contribution in [3.8, 4) is 0 Å². The second kappa shape index (κ2) is 10.5. The number of hydrogen-bond acceptors (Lipinski definition) is 5. The minimum atomic E-state index is -4.34. The molecule has 1 aromatic carbocycles. The first-order valence-electron chi connectivity index (χ1n) is 10.3. The molecule has 3 rings (SSSR count). The predicted octanol–water partition coefficient (Wildman–Crippen LogP) is 2.32. The van der Waals surface area contributed by atoms with Gasteiger partial charge in [-0.25, -0.2) is 13.9 Å². The maximum atomic E-state index is 13.1. The Balaban J connectivity index is 0.00000385. The third-order valence-electron chi connectivity index (χ3n) is 5.31. The molecule has 12 heteroatoms. The maximum absolute atomic E-state index is 13.1. The van der Waals surface area contributed by atoms with Gasteiger partial charge in [0.15, 0.2) is 5.03 Å². The summed E-state index contributed by atoms with van der Waals surface area (Å²) in [5.41, 5.74) is 2.33. The molecular formula is C21H29FN5NaO4S. The molecule has 3 amide bonds. The van der Waals surface area contributed by atoms with Gasteiger partial charge in [0.2, 0.25) is 0 Å². The summed E-state index contributed by atoms with van der Waals surface area (Å²) in [6, 6.07) is 5.82. The summed E-state index contributed by atoms with van der Waals surface area (Å²) in [6.07, 6.45) is -1.08. The molecule has 1 saturated heterocycles. The van der Waals surface area contributed by atoms with Gasteiger partial charge in [0, 0.05) is 18.8 Å².